The van der Waals surface area contributed by atoms with Crippen molar-refractivity contribution in [3.8, 4) is 0 Å². The second-order valence-electron chi connectivity index (χ2n) is 5.81. The normalized spacial score (nSPS) is 23.0. The van der Waals surface area contributed by atoms with E-state index >= 15 is 0 Å². The van der Waals surface area contributed by atoms with Crippen molar-refractivity contribution in [1.82, 2.24) is 9.47 Å². The van der Waals surface area contributed by atoms with E-state index in [4.69, 9.17) is 16.3 Å². The van der Waals surface area contributed by atoms with Gasteiger partial charge in [0.2, 0.25) is 0 Å². The van der Waals surface area contributed by atoms with E-state index in [2.05, 4.69) is 11.9 Å². The zero-order valence-corrected chi connectivity index (χ0v) is 12.7. The van der Waals surface area contributed by atoms with Crippen LogP contribution in [0.5, 0.6) is 0 Å². The quantitative estimate of drug-likeness (QED) is 0.797. The molecule has 1 unspecified atom stereocenters. The number of hydrogen-bond acceptors (Lipinski definition) is 3. The average molecular weight is 297 g/mol. The molecule has 0 amide bonds. The molecule has 3 rings (SSSR count). The Morgan fingerprint density at radius 1 is 1.50 bits per heavy atom. The highest BCUT2D eigenvalue weighted by atomic mass is 35.5. The van der Waals surface area contributed by atoms with E-state index in [1.165, 1.54) is 11.3 Å². The lowest BCUT2D eigenvalue weighted by Crippen LogP contribution is -2.37. The molecule has 110 valence electrons. The van der Waals surface area contributed by atoms with Gasteiger partial charge in [-0.15, -0.1) is 11.6 Å². The number of likely N-dealkylation sites (N-methyl/N-ethyl adjacent to an activating group) is 1. The van der Waals surface area contributed by atoms with Crippen LogP contribution in [0.15, 0.2) is 10.9 Å². The van der Waals surface area contributed by atoms with Gasteiger partial charge in [0.15, 0.2) is 0 Å². The maximum absolute atomic E-state index is 12.6. The van der Waals surface area contributed by atoms with Crippen molar-refractivity contribution < 1.29 is 4.74 Å². The molecule has 0 aliphatic carbocycles. The van der Waals surface area contributed by atoms with Crippen LogP contribution in [0.25, 0.3) is 0 Å². The average Bonchev–Trinajstić information content (AvgIpc) is 2.94. The van der Waals surface area contributed by atoms with Crippen molar-refractivity contribution >= 4 is 11.6 Å². The molecule has 4 nitrogen and oxygen atoms in total. The lowest BCUT2D eigenvalue weighted by Gasteiger charge is -2.29. The third kappa shape index (κ3) is 2.65. The molecule has 1 fully saturated rings. The third-order valence-corrected chi connectivity index (χ3v) is 4.58. The first-order valence-corrected chi connectivity index (χ1v) is 7.83. The summed E-state index contributed by atoms with van der Waals surface area (Å²) in [6, 6.07) is 1.99. The first-order chi connectivity index (χ1) is 9.69. The van der Waals surface area contributed by atoms with E-state index < -0.39 is 0 Å². The zero-order valence-electron chi connectivity index (χ0n) is 11.9. The molecule has 2 aliphatic heterocycles. The molecule has 0 spiro atoms. The second-order valence-corrected chi connectivity index (χ2v) is 6.08. The highest BCUT2D eigenvalue weighted by molar-refractivity contribution is 6.17. The van der Waals surface area contributed by atoms with Crippen LogP contribution in [0.1, 0.15) is 29.7 Å². The Morgan fingerprint density at radius 2 is 2.35 bits per heavy atom. The number of fused-ring (bicyclic) bond motifs is 1. The lowest BCUT2D eigenvalue weighted by molar-refractivity contribution is 0.0948. The van der Waals surface area contributed by atoms with Crippen LogP contribution in [0.3, 0.4) is 0 Å². The molecule has 1 atom stereocenters. The van der Waals surface area contributed by atoms with Crippen molar-refractivity contribution in [3.63, 3.8) is 0 Å². The molecule has 2 aliphatic rings. The minimum atomic E-state index is 0.0683. The van der Waals surface area contributed by atoms with E-state index in [1.54, 1.807) is 0 Å². The largest absolute Gasteiger partial charge is 0.376 e. The summed E-state index contributed by atoms with van der Waals surface area (Å²) in [5, 5.41) is 0. The van der Waals surface area contributed by atoms with Crippen molar-refractivity contribution in [2.45, 2.75) is 44.3 Å². The molecular formula is C15H21ClN2O2. The Hall–Kier alpha value is -0.840. The molecular weight excluding hydrogens is 276 g/mol. The Kier molecular flexibility index (Phi) is 4.15. The molecule has 0 N–H and O–H groups in total. The van der Waals surface area contributed by atoms with Crippen LogP contribution in [0.4, 0.5) is 0 Å². The van der Waals surface area contributed by atoms with Crippen LogP contribution in [0.2, 0.25) is 0 Å². The van der Waals surface area contributed by atoms with Gasteiger partial charge in [-0.05, 0) is 31.5 Å². The lowest BCUT2D eigenvalue weighted by atomic mass is 10.0. The zero-order chi connectivity index (χ0) is 14.1. The van der Waals surface area contributed by atoms with Crippen LogP contribution in [0, 0.1) is 0 Å². The molecule has 0 saturated carbocycles. The van der Waals surface area contributed by atoms with Gasteiger partial charge in [-0.2, -0.15) is 0 Å². The van der Waals surface area contributed by atoms with Crippen molar-refractivity contribution in [2.75, 3.05) is 20.2 Å². The number of pyridine rings is 1. The van der Waals surface area contributed by atoms with Crippen molar-refractivity contribution in [3.05, 3.63) is 33.2 Å². The van der Waals surface area contributed by atoms with Gasteiger partial charge in [0.1, 0.15) is 0 Å². The molecule has 20 heavy (non-hydrogen) atoms. The first-order valence-electron chi connectivity index (χ1n) is 7.29. The summed E-state index contributed by atoms with van der Waals surface area (Å²) in [5.74, 6) is 0.279. The van der Waals surface area contributed by atoms with E-state index in [0.717, 1.165) is 39.0 Å². The molecule has 0 bridgehead atoms. The Labute approximate surface area is 124 Å². The summed E-state index contributed by atoms with van der Waals surface area (Å²) in [5.41, 5.74) is 3.20. The summed E-state index contributed by atoms with van der Waals surface area (Å²) in [7, 11) is 2.11. The summed E-state index contributed by atoms with van der Waals surface area (Å²) >= 11 is 5.94. The van der Waals surface area contributed by atoms with Gasteiger partial charge >= 0.3 is 0 Å². The van der Waals surface area contributed by atoms with Gasteiger partial charge in [0, 0.05) is 37.4 Å². The van der Waals surface area contributed by atoms with Crippen LogP contribution in [-0.4, -0.2) is 35.8 Å². The SMILES string of the molecule is CN1CCc2c(cc(CCl)c(=O)n2CC2CCCO2)C1. The predicted molar refractivity (Wildman–Crippen MR) is 79.3 cm³/mol. The summed E-state index contributed by atoms with van der Waals surface area (Å²) in [4.78, 5) is 14.8. The van der Waals surface area contributed by atoms with E-state index in [0.29, 0.717) is 12.1 Å². The van der Waals surface area contributed by atoms with Crippen LogP contribution < -0.4 is 5.56 Å². The highest BCUT2D eigenvalue weighted by Gasteiger charge is 2.23. The topological polar surface area (TPSA) is 34.5 Å². The fourth-order valence-electron chi connectivity index (χ4n) is 3.20. The number of ether oxygens (including phenoxy) is 1. The molecule has 5 heteroatoms. The number of rotatable bonds is 3. The standard InChI is InChI=1S/C15H21ClN2O2/c1-17-5-4-14-12(9-17)7-11(8-16)15(19)18(14)10-13-3-2-6-20-13/h7,13H,2-6,8-10H2,1H3. The monoisotopic (exact) mass is 296 g/mol. The number of halogens is 1. The van der Waals surface area contributed by atoms with Gasteiger partial charge < -0.3 is 14.2 Å². The summed E-state index contributed by atoms with van der Waals surface area (Å²) < 4.78 is 7.62. The summed E-state index contributed by atoms with van der Waals surface area (Å²) in [6.07, 6.45) is 3.25. The van der Waals surface area contributed by atoms with Gasteiger partial charge in [-0.1, -0.05) is 0 Å². The smallest absolute Gasteiger partial charge is 0.255 e. The number of alkyl halides is 1. The maximum atomic E-state index is 12.6. The number of nitrogens with zero attached hydrogens (tertiary/aromatic N) is 2. The van der Waals surface area contributed by atoms with Crippen molar-refractivity contribution in [2.24, 2.45) is 0 Å². The van der Waals surface area contributed by atoms with E-state index in [1.807, 2.05) is 10.6 Å². The fourth-order valence-corrected chi connectivity index (χ4v) is 3.40. The minimum absolute atomic E-state index is 0.0683. The Bertz CT molecular complexity index is 550. The molecule has 0 aromatic carbocycles. The fraction of sp³-hybridized carbons (Fsp3) is 0.667. The van der Waals surface area contributed by atoms with Crippen LogP contribution in [-0.2, 0) is 30.1 Å². The maximum Gasteiger partial charge on any atom is 0.255 e. The van der Waals surface area contributed by atoms with Gasteiger partial charge in [-0.3, -0.25) is 4.79 Å². The highest BCUT2D eigenvalue weighted by Crippen LogP contribution is 2.21. The molecule has 3 heterocycles. The first kappa shape index (κ1) is 14.1. The molecule has 0 radical (unpaired) electrons. The number of aromatic nitrogens is 1. The van der Waals surface area contributed by atoms with Crippen LogP contribution >= 0.6 is 11.6 Å². The van der Waals surface area contributed by atoms with E-state index in [-0.39, 0.29) is 17.5 Å². The van der Waals surface area contributed by atoms with Crippen molar-refractivity contribution in [1.29, 1.82) is 0 Å². The molecule has 1 saturated heterocycles. The van der Waals surface area contributed by atoms with E-state index in [9.17, 15) is 4.79 Å². The Morgan fingerprint density at radius 3 is 3.05 bits per heavy atom. The van der Waals surface area contributed by atoms with Gasteiger partial charge in [0.05, 0.1) is 18.5 Å². The van der Waals surface area contributed by atoms with Gasteiger partial charge in [0.25, 0.3) is 5.56 Å². The minimum Gasteiger partial charge on any atom is -0.376 e. The predicted octanol–water partition coefficient (Wildman–Crippen LogP) is 1.75. The molecule has 1 aromatic rings. The van der Waals surface area contributed by atoms with Gasteiger partial charge in [-0.25, -0.2) is 0 Å². The Balaban J connectivity index is 2.01. The molecule has 1 aromatic heterocycles. The number of hydrogen-bond donors (Lipinski definition) is 0. The third-order valence-electron chi connectivity index (χ3n) is 4.29. The summed E-state index contributed by atoms with van der Waals surface area (Å²) in [6.45, 7) is 3.39. The second kappa shape index (κ2) is 5.88.